The number of carbonyl (C=O) groups is 2. The van der Waals surface area contributed by atoms with Gasteiger partial charge in [0, 0.05) is 18.1 Å². The number of methoxy groups -OCH3 is 1. The van der Waals surface area contributed by atoms with Crippen LogP contribution in [0, 0.1) is 11.7 Å². The van der Waals surface area contributed by atoms with E-state index in [4.69, 9.17) is 16.3 Å². The van der Waals surface area contributed by atoms with E-state index in [0.717, 1.165) is 4.31 Å². The Morgan fingerprint density at radius 2 is 1.65 bits per heavy atom. The molecule has 0 spiro atoms. The highest BCUT2D eigenvalue weighted by Gasteiger charge is 2.34. The topological polar surface area (TPSA) is 96.0 Å². The lowest BCUT2D eigenvalue weighted by Gasteiger charge is -2.32. The van der Waals surface area contributed by atoms with Gasteiger partial charge < -0.3 is 15.0 Å². The molecule has 0 aliphatic heterocycles. The zero-order valence-electron chi connectivity index (χ0n) is 22.8. The monoisotopic (exact) mass is 589 g/mol. The van der Waals surface area contributed by atoms with Gasteiger partial charge in [-0.2, -0.15) is 0 Å². The Balaban J connectivity index is 2.06. The predicted molar refractivity (Wildman–Crippen MR) is 153 cm³/mol. The molecule has 11 heteroatoms. The van der Waals surface area contributed by atoms with E-state index in [9.17, 15) is 22.4 Å². The van der Waals surface area contributed by atoms with Crippen molar-refractivity contribution in [2.45, 2.75) is 38.3 Å². The van der Waals surface area contributed by atoms with Crippen LogP contribution in [-0.4, -0.2) is 51.4 Å². The third kappa shape index (κ3) is 7.73. The van der Waals surface area contributed by atoms with Crippen LogP contribution in [0.1, 0.15) is 26.3 Å². The second kappa shape index (κ2) is 13.6. The molecule has 214 valence electrons. The molecule has 1 N–H and O–H groups in total. The fourth-order valence-corrected chi connectivity index (χ4v) is 5.52. The van der Waals surface area contributed by atoms with Crippen LogP contribution in [0.5, 0.6) is 5.75 Å². The van der Waals surface area contributed by atoms with Gasteiger partial charge in [0.05, 0.1) is 17.7 Å². The number of nitrogens with zero attached hydrogens (tertiary/aromatic N) is 2. The van der Waals surface area contributed by atoms with Crippen molar-refractivity contribution in [3.8, 4) is 5.75 Å². The van der Waals surface area contributed by atoms with E-state index >= 15 is 0 Å². The largest absolute Gasteiger partial charge is 0.495 e. The molecule has 3 aromatic carbocycles. The Bertz CT molecular complexity index is 1420. The highest BCUT2D eigenvalue weighted by Crippen LogP contribution is 2.35. The Kier molecular flexibility index (Phi) is 10.5. The number of halogens is 2. The van der Waals surface area contributed by atoms with Crippen molar-refractivity contribution < 1.29 is 27.1 Å². The van der Waals surface area contributed by atoms with Crippen LogP contribution in [-0.2, 0) is 26.2 Å². The molecule has 0 fully saturated rings. The van der Waals surface area contributed by atoms with Crippen LogP contribution in [0.15, 0.2) is 77.7 Å². The zero-order chi connectivity index (χ0) is 29.4. The highest BCUT2D eigenvalue weighted by atomic mass is 35.5. The fraction of sp³-hybridized carbons (Fsp3) is 0.310. The van der Waals surface area contributed by atoms with Gasteiger partial charge >= 0.3 is 0 Å². The molecule has 1 atom stereocenters. The lowest BCUT2D eigenvalue weighted by molar-refractivity contribution is -0.139. The average Bonchev–Trinajstić information content (AvgIpc) is 2.94. The van der Waals surface area contributed by atoms with Crippen molar-refractivity contribution in [3.05, 3.63) is 89.2 Å². The van der Waals surface area contributed by atoms with Crippen molar-refractivity contribution in [2.24, 2.45) is 5.92 Å². The molecule has 0 aliphatic rings. The van der Waals surface area contributed by atoms with Crippen molar-refractivity contribution in [1.82, 2.24) is 10.2 Å². The van der Waals surface area contributed by atoms with Gasteiger partial charge in [-0.05, 0) is 60.9 Å². The third-order valence-electron chi connectivity index (χ3n) is 6.14. The van der Waals surface area contributed by atoms with Crippen molar-refractivity contribution in [2.75, 3.05) is 24.5 Å². The second-order valence-electron chi connectivity index (χ2n) is 9.60. The van der Waals surface area contributed by atoms with Gasteiger partial charge in [0.2, 0.25) is 11.8 Å². The normalized spacial score (nSPS) is 12.1. The Labute approximate surface area is 239 Å². The van der Waals surface area contributed by atoms with Crippen LogP contribution < -0.4 is 14.4 Å². The number of benzene rings is 3. The number of anilines is 1. The summed E-state index contributed by atoms with van der Waals surface area (Å²) in [5.41, 5.74) is 0.627. The smallest absolute Gasteiger partial charge is 0.264 e. The van der Waals surface area contributed by atoms with Crippen LogP contribution in [0.4, 0.5) is 10.1 Å². The van der Waals surface area contributed by atoms with Crippen LogP contribution >= 0.6 is 11.6 Å². The summed E-state index contributed by atoms with van der Waals surface area (Å²) in [6.45, 7) is 5.13. The minimum absolute atomic E-state index is 0.0439. The van der Waals surface area contributed by atoms with E-state index in [1.54, 1.807) is 31.2 Å². The van der Waals surface area contributed by atoms with Crippen molar-refractivity contribution in [3.63, 3.8) is 0 Å². The Morgan fingerprint density at radius 1 is 1.00 bits per heavy atom. The molecule has 8 nitrogen and oxygen atoms in total. The molecule has 0 radical (unpaired) electrons. The molecule has 0 heterocycles. The number of rotatable bonds is 12. The van der Waals surface area contributed by atoms with Crippen LogP contribution in [0.25, 0.3) is 0 Å². The number of sulfonamides is 1. The summed E-state index contributed by atoms with van der Waals surface area (Å²) in [5.74, 6) is -1.14. The van der Waals surface area contributed by atoms with Gasteiger partial charge in [-0.25, -0.2) is 12.8 Å². The van der Waals surface area contributed by atoms with Gasteiger partial charge in [-0.3, -0.25) is 13.9 Å². The average molecular weight is 590 g/mol. The van der Waals surface area contributed by atoms with Crippen molar-refractivity contribution in [1.29, 1.82) is 0 Å². The minimum Gasteiger partial charge on any atom is -0.495 e. The van der Waals surface area contributed by atoms with Gasteiger partial charge in [-0.1, -0.05) is 55.8 Å². The summed E-state index contributed by atoms with van der Waals surface area (Å²) < 4.78 is 47.7. The molecule has 3 aromatic rings. The summed E-state index contributed by atoms with van der Waals surface area (Å²) in [6, 6.07) is 16.7. The first kappa shape index (κ1) is 30.9. The number of ether oxygens (including phenoxy) is 1. The molecule has 3 rings (SSSR count). The molecule has 0 saturated heterocycles. The van der Waals surface area contributed by atoms with Gasteiger partial charge in [0.15, 0.2) is 0 Å². The summed E-state index contributed by atoms with van der Waals surface area (Å²) in [7, 11) is -2.90. The molecular weight excluding hydrogens is 557 g/mol. The molecule has 0 aliphatic carbocycles. The zero-order valence-corrected chi connectivity index (χ0v) is 24.4. The Morgan fingerprint density at radius 3 is 2.25 bits per heavy atom. The molecule has 0 saturated carbocycles. The number of nitrogens with one attached hydrogen (secondary N) is 1. The maximum Gasteiger partial charge on any atom is 0.264 e. The summed E-state index contributed by atoms with van der Waals surface area (Å²) in [6.07, 6.45) is 0. The Hall–Kier alpha value is -3.63. The fourth-order valence-electron chi connectivity index (χ4n) is 3.91. The number of amides is 2. The number of carbonyl (C=O) groups excluding carboxylic acids is 2. The standard InChI is InChI=1S/C29H33ClFN3O5S/c1-20(2)17-32-29(36)21(3)33(18-22-10-13-24(31)14-11-22)28(35)19-34(26-16-23(30)12-15-27(26)39-4)40(37,38)25-8-6-5-7-9-25/h5-16,20-21H,17-19H2,1-4H3,(H,32,36). The lowest BCUT2D eigenvalue weighted by atomic mass is 10.1. The summed E-state index contributed by atoms with van der Waals surface area (Å²) >= 11 is 6.23. The molecule has 0 aromatic heterocycles. The van der Waals surface area contributed by atoms with Crippen LogP contribution in [0.2, 0.25) is 5.02 Å². The van der Waals surface area contributed by atoms with Gasteiger partial charge in [0.1, 0.15) is 24.2 Å². The first-order valence-corrected chi connectivity index (χ1v) is 14.5. The third-order valence-corrected chi connectivity index (χ3v) is 8.15. The first-order chi connectivity index (χ1) is 18.9. The maximum absolute atomic E-state index is 13.9. The van der Waals surface area contributed by atoms with Crippen molar-refractivity contribution >= 4 is 39.1 Å². The van der Waals surface area contributed by atoms with Gasteiger partial charge in [0.25, 0.3) is 10.0 Å². The second-order valence-corrected chi connectivity index (χ2v) is 11.9. The number of hydrogen-bond donors (Lipinski definition) is 1. The minimum atomic E-state index is -4.28. The van der Waals surface area contributed by atoms with E-state index in [-0.39, 0.29) is 33.8 Å². The molecule has 40 heavy (non-hydrogen) atoms. The van der Waals surface area contributed by atoms with Crippen LogP contribution in [0.3, 0.4) is 0 Å². The van der Waals surface area contributed by atoms with E-state index in [2.05, 4.69) is 5.32 Å². The molecule has 0 bridgehead atoms. The van der Waals surface area contributed by atoms with E-state index in [1.807, 2.05) is 13.8 Å². The maximum atomic E-state index is 13.9. The summed E-state index contributed by atoms with van der Waals surface area (Å²) in [4.78, 5) is 28.2. The predicted octanol–water partition coefficient (Wildman–Crippen LogP) is 4.87. The number of hydrogen-bond acceptors (Lipinski definition) is 5. The highest BCUT2D eigenvalue weighted by molar-refractivity contribution is 7.92. The SMILES string of the molecule is COc1ccc(Cl)cc1N(CC(=O)N(Cc1ccc(F)cc1)C(C)C(=O)NCC(C)C)S(=O)(=O)c1ccccc1. The quantitative estimate of drug-likeness (QED) is 0.325. The van der Waals surface area contributed by atoms with E-state index in [0.29, 0.717) is 12.1 Å². The van der Waals surface area contributed by atoms with E-state index < -0.39 is 40.2 Å². The molecule has 2 amide bonds. The lowest BCUT2D eigenvalue weighted by Crippen LogP contribution is -2.51. The molecular formula is C29H33ClFN3O5S. The first-order valence-electron chi connectivity index (χ1n) is 12.7. The van der Waals surface area contributed by atoms with E-state index in [1.165, 1.54) is 60.5 Å². The molecule has 1 unspecified atom stereocenters. The summed E-state index contributed by atoms with van der Waals surface area (Å²) in [5, 5.41) is 3.05. The van der Waals surface area contributed by atoms with Gasteiger partial charge in [-0.15, -0.1) is 0 Å².